The minimum absolute atomic E-state index is 0.103. The summed E-state index contributed by atoms with van der Waals surface area (Å²) in [6.45, 7) is 5.52. The third-order valence-corrected chi connectivity index (χ3v) is 2.86. The van der Waals surface area contributed by atoms with Gasteiger partial charge in [0.1, 0.15) is 5.75 Å². The Labute approximate surface area is 118 Å². The monoisotopic (exact) mass is 277 g/mol. The van der Waals surface area contributed by atoms with E-state index in [1.165, 1.54) is 25.1 Å². The van der Waals surface area contributed by atoms with E-state index in [1.807, 2.05) is 6.08 Å². The van der Waals surface area contributed by atoms with E-state index < -0.39 is 4.92 Å². The van der Waals surface area contributed by atoms with Gasteiger partial charge in [-0.2, -0.15) is 0 Å². The molecule has 20 heavy (non-hydrogen) atoms. The Hall–Kier alpha value is -2.17. The average molecular weight is 277 g/mol. The summed E-state index contributed by atoms with van der Waals surface area (Å²) >= 11 is 0. The van der Waals surface area contributed by atoms with Gasteiger partial charge in [-0.05, 0) is 38.7 Å². The number of allylic oxidation sites excluding steroid dienone is 1. The molecule has 0 N–H and O–H groups in total. The number of nitrogens with zero attached hydrogens (tertiary/aromatic N) is 1. The van der Waals surface area contributed by atoms with Crippen molar-refractivity contribution in [2.45, 2.75) is 32.6 Å². The number of Topliss-reactive ketones (excluding diaryl/α,β-unsaturated/α-hetero) is 1. The molecule has 0 saturated heterocycles. The van der Waals surface area contributed by atoms with Crippen molar-refractivity contribution < 1.29 is 14.5 Å². The topological polar surface area (TPSA) is 69.4 Å². The lowest BCUT2D eigenvalue weighted by molar-refractivity contribution is -0.384. The molecule has 0 atom stereocenters. The van der Waals surface area contributed by atoms with Gasteiger partial charge in [-0.15, -0.1) is 6.58 Å². The summed E-state index contributed by atoms with van der Waals surface area (Å²) in [5.41, 5.74) is 0.152. The number of rotatable bonds is 9. The van der Waals surface area contributed by atoms with Crippen LogP contribution in [0.15, 0.2) is 30.9 Å². The molecular weight excluding hydrogens is 258 g/mol. The van der Waals surface area contributed by atoms with Crippen molar-refractivity contribution in [2.24, 2.45) is 0 Å². The molecule has 5 heteroatoms. The van der Waals surface area contributed by atoms with Gasteiger partial charge in [0.2, 0.25) is 0 Å². The molecule has 0 heterocycles. The summed E-state index contributed by atoms with van der Waals surface area (Å²) in [5.74, 6) is 0.169. The quantitative estimate of drug-likeness (QED) is 0.225. The predicted molar refractivity (Wildman–Crippen MR) is 77.3 cm³/mol. The third kappa shape index (κ3) is 4.84. The molecule has 0 aliphatic heterocycles. The summed E-state index contributed by atoms with van der Waals surface area (Å²) in [7, 11) is 0. The van der Waals surface area contributed by atoms with Crippen LogP contribution in [0.3, 0.4) is 0 Å². The van der Waals surface area contributed by atoms with E-state index in [-0.39, 0.29) is 17.0 Å². The Morgan fingerprint density at radius 3 is 2.75 bits per heavy atom. The lowest BCUT2D eigenvalue weighted by atomic mass is 10.1. The number of benzene rings is 1. The summed E-state index contributed by atoms with van der Waals surface area (Å²) in [5, 5.41) is 10.7. The molecule has 0 fully saturated rings. The molecule has 0 aliphatic carbocycles. The zero-order chi connectivity index (χ0) is 15.0. The van der Waals surface area contributed by atoms with E-state index in [4.69, 9.17) is 4.74 Å². The molecule has 0 bridgehead atoms. The van der Waals surface area contributed by atoms with Gasteiger partial charge in [-0.25, -0.2) is 0 Å². The van der Waals surface area contributed by atoms with Crippen molar-refractivity contribution in [3.8, 4) is 5.75 Å². The van der Waals surface area contributed by atoms with Crippen LogP contribution in [0.25, 0.3) is 0 Å². The summed E-state index contributed by atoms with van der Waals surface area (Å²) < 4.78 is 5.54. The second-order valence-corrected chi connectivity index (χ2v) is 4.48. The normalized spacial score (nSPS) is 10.1. The number of nitro groups is 1. The highest BCUT2D eigenvalue weighted by Crippen LogP contribution is 2.25. The molecular formula is C15H19NO4. The molecule has 0 aliphatic rings. The van der Waals surface area contributed by atoms with E-state index in [1.54, 1.807) is 0 Å². The molecule has 5 nitrogen and oxygen atoms in total. The zero-order valence-electron chi connectivity index (χ0n) is 11.6. The van der Waals surface area contributed by atoms with Crippen LogP contribution in [-0.2, 0) is 0 Å². The minimum atomic E-state index is -0.522. The molecule has 1 rings (SSSR count). The Balaban J connectivity index is 2.62. The van der Waals surface area contributed by atoms with Gasteiger partial charge in [0.25, 0.3) is 5.69 Å². The van der Waals surface area contributed by atoms with Crippen LogP contribution in [-0.4, -0.2) is 17.3 Å². The fraction of sp³-hybridized carbons (Fsp3) is 0.400. The first-order valence-corrected chi connectivity index (χ1v) is 6.59. The molecule has 1 aromatic carbocycles. The smallest absolute Gasteiger partial charge is 0.270 e. The average Bonchev–Trinajstić information content (AvgIpc) is 2.42. The van der Waals surface area contributed by atoms with Crippen LogP contribution in [0.4, 0.5) is 5.69 Å². The van der Waals surface area contributed by atoms with Crippen LogP contribution in [0.5, 0.6) is 5.75 Å². The van der Waals surface area contributed by atoms with Gasteiger partial charge in [0.15, 0.2) is 5.78 Å². The van der Waals surface area contributed by atoms with Crippen LogP contribution in [0.2, 0.25) is 0 Å². The van der Waals surface area contributed by atoms with Gasteiger partial charge in [0, 0.05) is 12.1 Å². The largest absolute Gasteiger partial charge is 0.493 e. The molecule has 0 radical (unpaired) electrons. The Morgan fingerprint density at radius 1 is 1.40 bits per heavy atom. The van der Waals surface area contributed by atoms with Crippen molar-refractivity contribution in [2.75, 3.05) is 6.61 Å². The number of ketones is 1. The number of carbonyl (C=O) groups excluding carboxylic acids is 1. The van der Waals surface area contributed by atoms with Crippen molar-refractivity contribution in [3.05, 3.63) is 46.5 Å². The molecule has 0 amide bonds. The lowest BCUT2D eigenvalue weighted by Crippen LogP contribution is -2.04. The van der Waals surface area contributed by atoms with E-state index >= 15 is 0 Å². The SMILES string of the molecule is C=CCCCCCOc1ccc([N+](=O)[O-])cc1C(C)=O. The number of hydrogen-bond acceptors (Lipinski definition) is 4. The van der Waals surface area contributed by atoms with Crippen LogP contribution >= 0.6 is 0 Å². The fourth-order valence-electron chi connectivity index (χ4n) is 1.78. The molecule has 0 unspecified atom stereocenters. The van der Waals surface area contributed by atoms with Crippen LogP contribution in [0, 0.1) is 10.1 Å². The third-order valence-electron chi connectivity index (χ3n) is 2.86. The highest BCUT2D eigenvalue weighted by Gasteiger charge is 2.14. The molecule has 108 valence electrons. The standard InChI is InChI=1S/C15H19NO4/c1-3-4-5-6-7-10-20-15-9-8-13(16(18)19)11-14(15)12(2)17/h3,8-9,11H,1,4-7,10H2,2H3. The Kier molecular flexibility index (Phi) is 6.43. The molecule has 0 saturated carbocycles. The van der Waals surface area contributed by atoms with E-state index in [0.717, 1.165) is 25.7 Å². The maximum absolute atomic E-state index is 11.5. The first kappa shape index (κ1) is 15.9. The summed E-state index contributed by atoms with van der Waals surface area (Å²) in [4.78, 5) is 21.7. The molecule has 0 aromatic heterocycles. The second-order valence-electron chi connectivity index (χ2n) is 4.48. The summed E-state index contributed by atoms with van der Waals surface area (Å²) in [6, 6.07) is 4.09. The van der Waals surface area contributed by atoms with Gasteiger partial charge < -0.3 is 4.74 Å². The maximum Gasteiger partial charge on any atom is 0.270 e. The van der Waals surface area contributed by atoms with Crippen molar-refractivity contribution in [3.63, 3.8) is 0 Å². The highest BCUT2D eigenvalue weighted by molar-refractivity contribution is 5.97. The van der Waals surface area contributed by atoms with E-state index in [9.17, 15) is 14.9 Å². The first-order chi connectivity index (χ1) is 9.56. The Morgan fingerprint density at radius 2 is 2.15 bits per heavy atom. The number of non-ortho nitro benzene ring substituents is 1. The zero-order valence-corrected chi connectivity index (χ0v) is 11.6. The number of carbonyl (C=O) groups is 1. The minimum Gasteiger partial charge on any atom is -0.493 e. The maximum atomic E-state index is 11.5. The number of hydrogen-bond donors (Lipinski definition) is 0. The van der Waals surface area contributed by atoms with Crippen molar-refractivity contribution in [1.29, 1.82) is 0 Å². The predicted octanol–water partition coefficient (Wildman–Crippen LogP) is 3.92. The van der Waals surface area contributed by atoms with Crippen molar-refractivity contribution >= 4 is 11.5 Å². The van der Waals surface area contributed by atoms with Gasteiger partial charge in [0.05, 0.1) is 17.1 Å². The van der Waals surface area contributed by atoms with E-state index in [0.29, 0.717) is 12.4 Å². The van der Waals surface area contributed by atoms with Gasteiger partial charge in [-0.1, -0.05) is 6.08 Å². The highest BCUT2D eigenvalue weighted by atomic mass is 16.6. The number of unbranched alkanes of at least 4 members (excludes halogenated alkanes) is 3. The van der Waals surface area contributed by atoms with Gasteiger partial charge >= 0.3 is 0 Å². The number of nitro benzene ring substituents is 1. The lowest BCUT2D eigenvalue weighted by Gasteiger charge is -2.09. The van der Waals surface area contributed by atoms with Crippen LogP contribution < -0.4 is 4.74 Å². The Bertz CT molecular complexity index is 497. The molecule has 0 spiro atoms. The summed E-state index contributed by atoms with van der Waals surface area (Å²) in [6.07, 6.45) is 5.82. The van der Waals surface area contributed by atoms with E-state index in [2.05, 4.69) is 6.58 Å². The fourth-order valence-corrected chi connectivity index (χ4v) is 1.78. The van der Waals surface area contributed by atoms with Gasteiger partial charge in [-0.3, -0.25) is 14.9 Å². The first-order valence-electron chi connectivity index (χ1n) is 6.59. The van der Waals surface area contributed by atoms with Crippen LogP contribution in [0.1, 0.15) is 43.0 Å². The second kappa shape index (κ2) is 8.09. The number of ether oxygens (including phenoxy) is 1. The van der Waals surface area contributed by atoms with Crippen molar-refractivity contribution in [1.82, 2.24) is 0 Å². The molecule has 1 aromatic rings.